The Hall–Kier alpha value is -2.74. The zero-order valence-corrected chi connectivity index (χ0v) is 10.8. The second kappa shape index (κ2) is 5.27. The van der Waals surface area contributed by atoms with Gasteiger partial charge in [0.2, 0.25) is 0 Å². The Morgan fingerprint density at radius 2 is 2.00 bits per heavy atom. The van der Waals surface area contributed by atoms with Gasteiger partial charge in [0.05, 0.1) is 18.4 Å². The molecule has 5 nitrogen and oxygen atoms in total. The molecule has 0 saturated heterocycles. The van der Waals surface area contributed by atoms with Crippen molar-refractivity contribution in [1.29, 1.82) is 5.26 Å². The average Bonchev–Trinajstić information content (AvgIpc) is 2.46. The van der Waals surface area contributed by atoms with Gasteiger partial charge in [-0.2, -0.15) is 5.26 Å². The van der Waals surface area contributed by atoms with Gasteiger partial charge in [-0.3, -0.25) is 0 Å². The summed E-state index contributed by atoms with van der Waals surface area (Å²) in [5, 5.41) is 8.79. The molecule has 1 aromatic carbocycles. The molecule has 1 heterocycles. The van der Waals surface area contributed by atoms with Gasteiger partial charge in [0, 0.05) is 18.9 Å². The molecule has 1 aromatic heterocycles. The highest BCUT2D eigenvalue weighted by Gasteiger charge is 2.10. The Bertz CT molecular complexity index is 616. The summed E-state index contributed by atoms with van der Waals surface area (Å²) in [7, 11) is 3.49. The lowest BCUT2D eigenvalue weighted by molar-refractivity contribution is 0.415. The number of aromatic nitrogens is 1. The van der Waals surface area contributed by atoms with Gasteiger partial charge in [-0.15, -0.1) is 0 Å². The van der Waals surface area contributed by atoms with Gasteiger partial charge >= 0.3 is 0 Å². The Kier molecular flexibility index (Phi) is 3.53. The van der Waals surface area contributed by atoms with E-state index in [4.69, 9.17) is 15.7 Å². The number of anilines is 3. The van der Waals surface area contributed by atoms with Crippen molar-refractivity contribution in [1.82, 2.24) is 4.98 Å². The van der Waals surface area contributed by atoms with E-state index < -0.39 is 0 Å². The minimum Gasteiger partial charge on any atom is -0.497 e. The van der Waals surface area contributed by atoms with Gasteiger partial charge < -0.3 is 15.4 Å². The molecule has 0 aliphatic carbocycles. The summed E-state index contributed by atoms with van der Waals surface area (Å²) < 4.78 is 5.11. The number of nitriles is 1. The van der Waals surface area contributed by atoms with Gasteiger partial charge in [-0.1, -0.05) is 0 Å². The van der Waals surface area contributed by atoms with Crippen LogP contribution in [0.2, 0.25) is 0 Å². The normalized spacial score (nSPS) is 9.74. The van der Waals surface area contributed by atoms with E-state index in [1.54, 1.807) is 13.2 Å². The fourth-order valence-corrected chi connectivity index (χ4v) is 1.74. The van der Waals surface area contributed by atoms with E-state index >= 15 is 0 Å². The molecule has 0 aliphatic rings. The first-order valence-electron chi connectivity index (χ1n) is 5.69. The first-order chi connectivity index (χ1) is 9.15. The van der Waals surface area contributed by atoms with Crippen LogP contribution in [0, 0.1) is 11.3 Å². The predicted molar refractivity (Wildman–Crippen MR) is 74.4 cm³/mol. The molecule has 0 aliphatic heterocycles. The van der Waals surface area contributed by atoms with Crippen LogP contribution in [0.15, 0.2) is 36.5 Å². The van der Waals surface area contributed by atoms with E-state index in [-0.39, 0.29) is 0 Å². The Morgan fingerprint density at radius 1 is 1.32 bits per heavy atom. The molecule has 96 valence electrons. The SMILES string of the molecule is COc1ccc(N(C)c2ncc(C#N)cc2N)cc1. The first kappa shape index (κ1) is 12.7. The molecule has 2 N–H and O–H groups in total. The van der Waals surface area contributed by atoms with Crippen molar-refractivity contribution < 1.29 is 4.74 Å². The van der Waals surface area contributed by atoms with Crippen molar-refractivity contribution in [3.8, 4) is 11.8 Å². The van der Waals surface area contributed by atoms with Gasteiger partial charge in [0.1, 0.15) is 11.8 Å². The molecule has 0 saturated carbocycles. The number of methoxy groups -OCH3 is 1. The van der Waals surface area contributed by atoms with Crippen molar-refractivity contribution in [2.24, 2.45) is 0 Å². The minimum atomic E-state index is 0.449. The lowest BCUT2D eigenvalue weighted by Gasteiger charge is -2.20. The molecular formula is C14H14N4O. The van der Waals surface area contributed by atoms with E-state index in [0.29, 0.717) is 17.1 Å². The van der Waals surface area contributed by atoms with E-state index in [1.807, 2.05) is 42.3 Å². The van der Waals surface area contributed by atoms with E-state index in [9.17, 15) is 0 Å². The Morgan fingerprint density at radius 3 is 2.53 bits per heavy atom. The van der Waals surface area contributed by atoms with Crippen LogP contribution in [0.5, 0.6) is 5.75 Å². The molecule has 19 heavy (non-hydrogen) atoms. The first-order valence-corrected chi connectivity index (χ1v) is 5.69. The lowest BCUT2D eigenvalue weighted by atomic mass is 10.2. The standard InChI is InChI=1S/C14H14N4O/c1-18(11-3-5-12(19-2)6-4-11)14-13(16)7-10(8-15)9-17-14/h3-7,9H,16H2,1-2H3. The quantitative estimate of drug-likeness (QED) is 0.909. The van der Waals surface area contributed by atoms with Gasteiger partial charge in [0.25, 0.3) is 0 Å². The summed E-state index contributed by atoms with van der Waals surface area (Å²) in [5.41, 5.74) is 7.76. The smallest absolute Gasteiger partial charge is 0.156 e. The number of nitrogens with zero attached hydrogens (tertiary/aromatic N) is 3. The zero-order chi connectivity index (χ0) is 13.8. The topological polar surface area (TPSA) is 75.2 Å². The molecule has 0 unspecified atom stereocenters. The number of hydrogen-bond donors (Lipinski definition) is 1. The minimum absolute atomic E-state index is 0.449. The van der Waals surface area contributed by atoms with Crippen LogP contribution in [0.25, 0.3) is 0 Å². The van der Waals surface area contributed by atoms with Crippen molar-refractivity contribution in [2.45, 2.75) is 0 Å². The fraction of sp³-hybridized carbons (Fsp3) is 0.143. The Balaban J connectivity index is 2.33. The molecule has 0 amide bonds. The van der Waals surface area contributed by atoms with Gasteiger partial charge in [-0.25, -0.2) is 4.98 Å². The van der Waals surface area contributed by atoms with Crippen LogP contribution < -0.4 is 15.4 Å². The van der Waals surface area contributed by atoms with Crippen molar-refractivity contribution >= 4 is 17.2 Å². The van der Waals surface area contributed by atoms with E-state index in [0.717, 1.165) is 11.4 Å². The Labute approximate surface area is 111 Å². The largest absolute Gasteiger partial charge is 0.497 e. The molecule has 0 bridgehead atoms. The summed E-state index contributed by atoms with van der Waals surface area (Å²) in [6, 6.07) is 11.2. The molecule has 2 aromatic rings. The van der Waals surface area contributed by atoms with Gasteiger partial charge in [-0.05, 0) is 30.3 Å². The second-order valence-corrected chi connectivity index (χ2v) is 4.01. The third-order valence-electron chi connectivity index (χ3n) is 2.80. The van der Waals surface area contributed by atoms with Crippen LogP contribution in [0.3, 0.4) is 0 Å². The highest BCUT2D eigenvalue weighted by molar-refractivity contribution is 5.71. The maximum Gasteiger partial charge on any atom is 0.156 e. The van der Waals surface area contributed by atoms with E-state index in [1.165, 1.54) is 6.20 Å². The monoisotopic (exact) mass is 254 g/mol. The number of pyridine rings is 1. The summed E-state index contributed by atoms with van der Waals surface area (Å²) in [6.45, 7) is 0. The highest BCUT2D eigenvalue weighted by atomic mass is 16.5. The average molecular weight is 254 g/mol. The third-order valence-corrected chi connectivity index (χ3v) is 2.80. The molecule has 0 radical (unpaired) electrons. The molecule has 0 spiro atoms. The fourth-order valence-electron chi connectivity index (χ4n) is 1.74. The highest BCUT2D eigenvalue weighted by Crippen LogP contribution is 2.28. The molecular weight excluding hydrogens is 240 g/mol. The van der Waals surface area contributed by atoms with Gasteiger partial charge in [0.15, 0.2) is 5.82 Å². The van der Waals surface area contributed by atoms with Crippen LogP contribution >= 0.6 is 0 Å². The molecule has 0 atom stereocenters. The van der Waals surface area contributed by atoms with Crippen LogP contribution in [0.1, 0.15) is 5.56 Å². The summed E-state index contributed by atoms with van der Waals surface area (Å²) in [4.78, 5) is 6.07. The second-order valence-electron chi connectivity index (χ2n) is 4.01. The zero-order valence-electron chi connectivity index (χ0n) is 10.8. The van der Waals surface area contributed by atoms with E-state index in [2.05, 4.69) is 4.98 Å². The number of benzene rings is 1. The van der Waals surface area contributed by atoms with Crippen molar-refractivity contribution in [3.63, 3.8) is 0 Å². The molecule has 5 heteroatoms. The van der Waals surface area contributed by atoms with Crippen LogP contribution in [-0.2, 0) is 0 Å². The summed E-state index contributed by atoms with van der Waals surface area (Å²) in [5.74, 6) is 1.40. The summed E-state index contributed by atoms with van der Waals surface area (Å²) >= 11 is 0. The summed E-state index contributed by atoms with van der Waals surface area (Å²) in [6.07, 6.45) is 1.51. The number of ether oxygens (including phenoxy) is 1. The van der Waals surface area contributed by atoms with Crippen LogP contribution in [-0.4, -0.2) is 19.1 Å². The number of rotatable bonds is 3. The lowest BCUT2D eigenvalue weighted by Crippen LogP contribution is -2.13. The number of nitrogens with two attached hydrogens (primary N) is 1. The number of hydrogen-bond acceptors (Lipinski definition) is 5. The maximum atomic E-state index is 8.79. The van der Waals surface area contributed by atoms with Crippen molar-refractivity contribution in [2.75, 3.05) is 24.8 Å². The molecule has 0 fully saturated rings. The van der Waals surface area contributed by atoms with Crippen molar-refractivity contribution in [3.05, 3.63) is 42.1 Å². The number of nitrogen functional groups attached to an aromatic ring is 1. The van der Waals surface area contributed by atoms with Crippen LogP contribution in [0.4, 0.5) is 17.2 Å². The maximum absolute atomic E-state index is 8.79. The predicted octanol–water partition coefficient (Wildman–Crippen LogP) is 2.31. The molecule has 2 rings (SSSR count). The third kappa shape index (κ3) is 2.58.